The summed E-state index contributed by atoms with van der Waals surface area (Å²) in [5, 5.41) is 15.4. The lowest BCUT2D eigenvalue weighted by Crippen LogP contribution is -2.52. The zero-order valence-corrected chi connectivity index (χ0v) is 12.4. The molecule has 5 heteroatoms. The van der Waals surface area contributed by atoms with Crippen molar-refractivity contribution < 1.29 is 10.0 Å². The summed E-state index contributed by atoms with van der Waals surface area (Å²) in [6.45, 7) is 2.18. The topological polar surface area (TPSA) is 87.7 Å². The fourth-order valence-electron chi connectivity index (χ4n) is 3.69. The molecule has 0 heterocycles. The zero-order valence-electron chi connectivity index (χ0n) is 12.4. The molecule has 0 spiro atoms. The van der Waals surface area contributed by atoms with E-state index in [1.807, 2.05) is 0 Å². The molecule has 0 bridgehead atoms. The van der Waals surface area contributed by atoms with E-state index in [1.54, 1.807) is 0 Å². The van der Waals surface area contributed by atoms with E-state index in [1.165, 1.54) is 12.8 Å². The number of amides is 1. The third kappa shape index (κ3) is 2.91. The first kappa shape index (κ1) is 15.1. The lowest BCUT2D eigenvalue weighted by Gasteiger charge is -2.32. The Morgan fingerprint density at radius 1 is 1.20 bits per heavy atom. The van der Waals surface area contributed by atoms with Gasteiger partial charge < -0.3 is 16.3 Å². The third-order valence-electron chi connectivity index (χ3n) is 5.17. The van der Waals surface area contributed by atoms with E-state index in [2.05, 4.69) is 17.4 Å². The quantitative estimate of drug-likeness (QED) is 0.244. The lowest BCUT2D eigenvalue weighted by atomic mass is 9.78. The Kier molecular flexibility index (Phi) is 4.89. The highest BCUT2D eigenvalue weighted by Gasteiger charge is 2.44. The molecule has 0 aliphatic heterocycles. The van der Waals surface area contributed by atoms with Gasteiger partial charge in [-0.05, 0) is 31.6 Å². The second-order valence-electron chi connectivity index (χ2n) is 6.47. The molecule has 2 saturated carbocycles. The third-order valence-corrected chi connectivity index (χ3v) is 5.17. The molecular formula is C15H27N3O2. The summed E-state index contributed by atoms with van der Waals surface area (Å²) in [5.74, 6) is 0.574. The summed E-state index contributed by atoms with van der Waals surface area (Å²) in [7, 11) is 0. The number of nitrogens with one attached hydrogen (secondary N) is 1. The van der Waals surface area contributed by atoms with Crippen LogP contribution in [0.2, 0.25) is 0 Å². The molecule has 114 valence electrons. The van der Waals surface area contributed by atoms with Crippen molar-refractivity contribution in [3.63, 3.8) is 0 Å². The van der Waals surface area contributed by atoms with Crippen LogP contribution in [0.1, 0.15) is 64.7 Å². The van der Waals surface area contributed by atoms with Crippen molar-refractivity contribution in [1.82, 2.24) is 5.32 Å². The fraction of sp³-hybridized carbons (Fsp3) is 0.867. The molecule has 0 aromatic carbocycles. The normalized spacial score (nSPS) is 30.8. The van der Waals surface area contributed by atoms with Gasteiger partial charge in [-0.3, -0.25) is 4.79 Å². The Bertz CT molecular complexity index is 373. The van der Waals surface area contributed by atoms with Crippen LogP contribution in [-0.2, 0) is 4.79 Å². The standard InChI is InChI=1S/C15H27N3O2/c1-11-7-6-8-12(11)17-14(19)15(13(16)18-20)9-4-2-3-5-10-15/h11-12,20H,2-10H2,1H3,(H2,16,18)(H,17,19). The molecule has 2 aliphatic carbocycles. The van der Waals surface area contributed by atoms with Crippen molar-refractivity contribution in [1.29, 1.82) is 0 Å². The van der Waals surface area contributed by atoms with Crippen molar-refractivity contribution in [2.75, 3.05) is 0 Å². The van der Waals surface area contributed by atoms with Crippen molar-refractivity contribution >= 4 is 11.7 Å². The fourth-order valence-corrected chi connectivity index (χ4v) is 3.69. The zero-order chi connectivity index (χ0) is 14.6. The molecule has 20 heavy (non-hydrogen) atoms. The van der Waals surface area contributed by atoms with Gasteiger partial charge in [-0.2, -0.15) is 0 Å². The Balaban J connectivity index is 2.15. The van der Waals surface area contributed by atoms with Crippen LogP contribution < -0.4 is 11.1 Å². The van der Waals surface area contributed by atoms with Gasteiger partial charge in [0.15, 0.2) is 5.84 Å². The highest BCUT2D eigenvalue weighted by molar-refractivity contribution is 6.06. The number of rotatable bonds is 3. The molecule has 0 aromatic heterocycles. The first-order valence-electron chi connectivity index (χ1n) is 7.89. The Labute approximate surface area is 121 Å². The van der Waals surface area contributed by atoms with Gasteiger partial charge >= 0.3 is 0 Å². The van der Waals surface area contributed by atoms with E-state index in [0.717, 1.165) is 32.1 Å². The molecule has 2 fully saturated rings. The summed E-state index contributed by atoms with van der Waals surface area (Å²) < 4.78 is 0. The van der Waals surface area contributed by atoms with Crippen LogP contribution in [0, 0.1) is 11.3 Å². The van der Waals surface area contributed by atoms with Crippen LogP contribution in [-0.4, -0.2) is 23.0 Å². The van der Waals surface area contributed by atoms with E-state index in [4.69, 9.17) is 10.9 Å². The number of carbonyl (C=O) groups is 1. The molecule has 2 rings (SSSR count). The van der Waals surface area contributed by atoms with Gasteiger partial charge in [0.2, 0.25) is 5.91 Å². The highest BCUT2D eigenvalue weighted by Crippen LogP contribution is 2.36. The molecular weight excluding hydrogens is 254 g/mol. The van der Waals surface area contributed by atoms with E-state index in [-0.39, 0.29) is 17.8 Å². The second kappa shape index (κ2) is 6.46. The molecule has 0 aromatic rings. The van der Waals surface area contributed by atoms with Gasteiger partial charge in [-0.25, -0.2) is 0 Å². The molecule has 2 atom stereocenters. The van der Waals surface area contributed by atoms with E-state index < -0.39 is 5.41 Å². The molecule has 1 amide bonds. The van der Waals surface area contributed by atoms with Crippen LogP contribution in [0.5, 0.6) is 0 Å². The van der Waals surface area contributed by atoms with E-state index in [9.17, 15) is 4.79 Å². The van der Waals surface area contributed by atoms with Gasteiger partial charge in [-0.15, -0.1) is 0 Å². The summed E-state index contributed by atoms with van der Waals surface area (Å²) in [5.41, 5.74) is 5.10. The first-order chi connectivity index (χ1) is 9.60. The second-order valence-corrected chi connectivity index (χ2v) is 6.47. The minimum Gasteiger partial charge on any atom is -0.409 e. The van der Waals surface area contributed by atoms with Crippen molar-refractivity contribution in [3.05, 3.63) is 0 Å². The number of oxime groups is 1. The smallest absolute Gasteiger partial charge is 0.234 e. The van der Waals surface area contributed by atoms with Gasteiger partial charge in [0.1, 0.15) is 5.41 Å². The van der Waals surface area contributed by atoms with Crippen LogP contribution in [0.3, 0.4) is 0 Å². The number of amidine groups is 1. The number of carbonyl (C=O) groups excluding carboxylic acids is 1. The number of hydrogen-bond acceptors (Lipinski definition) is 3. The van der Waals surface area contributed by atoms with Crippen LogP contribution in [0.25, 0.3) is 0 Å². The molecule has 4 N–H and O–H groups in total. The monoisotopic (exact) mass is 281 g/mol. The molecule has 0 radical (unpaired) electrons. The maximum absolute atomic E-state index is 12.8. The maximum atomic E-state index is 12.8. The van der Waals surface area contributed by atoms with E-state index >= 15 is 0 Å². The summed E-state index contributed by atoms with van der Waals surface area (Å²) in [6.07, 6.45) is 8.92. The maximum Gasteiger partial charge on any atom is 0.234 e. The first-order valence-corrected chi connectivity index (χ1v) is 7.89. The van der Waals surface area contributed by atoms with Crippen LogP contribution in [0.15, 0.2) is 5.16 Å². The number of hydrogen-bond donors (Lipinski definition) is 3. The molecule has 2 unspecified atom stereocenters. The molecule has 5 nitrogen and oxygen atoms in total. The largest absolute Gasteiger partial charge is 0.409 e. The van der Waals surface area contributed by atoms with Crippen LogP contribution >= 0.6 is 0 Å². The predicted octanol–water partition coefficient (Wildman–Crippen LogP) is 2.38. The van der Waals surface area contributed by atoms with Gasteiger partial charge in [0.25, 0.3) is 0 Å². The van der Waals surface area contributed by atoms with Crippen molar-refractivity contribution in [2.24, 2.45) is 22.2 Å². The molecule has 2 aliphatic rings. The minimum atomic E-state index is -0.798. The van der Waals surface area contributed by atoms with Gasteiger partial charge in [0, 0.05) is 6.04 Å². The predicted molar refractivity (Wildman–Crippen MR) is 78.5 cm³/mol. The van der Waals surface area contributed by atoms with Crippen molar-refractivity contribution in [2.45, 2.75) is 70.8 Å². The molecule has 0 saturated heterocycles. The summed E-state index contributed by atoms with van der Waals surface area (Å²) in [4.78, 5) is 12.8. The Morgan fingerprint density at radius 3 is 2.35 bits per heavy atom. The Morgan fingerprint density at radius 2 is 1.85 bits per heavy atom. The summed E-state index contributed by atoms with van der Waals surface area (Å²) >= 11 is 0. The lowest BCUT2D eigenvalue weighted by molar-refractivity contribution is -0.129. The summed E-state index contributed by atoms with van der Waals surface area (Å²) in [6, 6.07) is 0.245. The van der Waals surface area contributed by atoms with Gasteiger partial charge in [-0.1, -0.05) is 44.2 Å². The van der Waals surface area contributed by atoms with Gasteiger partial charge in [0.05, 0.1) is 0 Å². The average molecular weight is 281 g/mol. The Hall–Kier alpha value is -1.26. The SMILES string of the molecule is CC1CCCC1NC(=O)C1(C(N)=NO)CCCCCC1. The number of nitrogens with two attached hydrogens (primary N) is 1. The van der Waals surface area contributed by atoms with Crippen molar-refractivity contribution in [3.8, 4) is 0 Å². The van der Waals surface area contributed by atoms with E-state index in [0.29, 0.717) is 18.8 Å². The average Bonchev–Trinajstić information content (AvgIpc) is 2.71. The number of nitrogens with zero attached hydrogens (tertiary/aromatic N) is 1. The minimum absolute atomic E-state index is 0.0338. The highest BCUT2D eigenvalue weighted by atomic mass is 16.4. The van der Waals surface area contributed by atoms with Crippen LogP contribution in [0.4, 0.5) is 0 Å².